The molecule has 0 unspecified atom stereocenters. The predicted molar refractivity (Wildman–Crippen MR) is 110 cm³/mol. The Morgan fingerprint density at radius 1 is 0.893 bits per heavy atom. The minimum absolute atomic E-state index is 0.0374. The van der Waals surface area contributed by atoms with Crippen molar-refractivity contribution in [2.24, 2.45) is 5.92 Å². The van der Waals surface area contributed by atoms with Gasteiger partial charge in [0, 0.05) is 29.9 Å². The first-order chi connectivity index (χ1) is 13.3. The van der Waals surface area contributed by atoms with Crippen molar-refractivity contribution in [3.63, 3.8) is 0 Å². The molecule has 0 aliphatic rings. The van der Waals surface area contributed by atoms with Crippen LogP contribution in [0.25, 0.3) is 0 Å². The van der Waals surface area contributed by atoms with Crippen LogP contribution in [0.4, 0.5) is 21.9 Å². The Balaban J connectivity index is 1.88. The first-order valence-corrected chi connectivity index (χ1v) is 9.10. The molecule has 28 heavy (non-hydrogen) atoms. The quantitative estimate of drug-likeness (QED) is 0.544. The summed E-state index contributed by atoms with van der Waals surface area (Å²) >= 11 is 0. The van der Waals surface area contributed by atoms with Crippen LogP contribution in [0.1, 0.15) is 32.3 Å². The van der Waals surface area contributed by atoms with Gasteiger partial charge in [-0.3, -0.25) is 9.59 Å². The molecule has 0 atom stereocenters. The Kier molecular flexibility index (Phi) is 7.56. The van der Waals surface area contributed by atoms with E-state index in [0.29, 0.717) is 29.9 Å². The van der Waals surface area contributed by atoms with Crippen molar-refractivity contribution in [3.8, 4) is 0 Å². The van der Waals surface area contributed by atoms with Crippen LogP contribution in [-0.4, -0.2) is 23.0 Å². The minimum Gasteiger partial charge on any atom is -0.481 e. The van der Waals surface area contributed by atoms with Crippen molar-refractivity contribution in [1.82, 2.24) is 0 Å². The van der Waals surface area contributed by atoms with Gasteiger partial charge < -0.3 is 21.1 Å². The fraction of sp³-hybridized carbons (Fsp3) is 0.286. The normalized spacial score (nSPS) is 10.4. The van der Waals surface area contributed by atoms with Gasteiger partial charge in [0.25, 0.3) is 0 Å². The maximum atomic E-state index is 12.2. The van der Waals surface area contributed by atoms with E-state index in [0.717, 1.165) is 5.56 Å². The van der Waals surface area contributed by atoms with Crippen molar-refractivity contribution in [2.45, 2.75) is 33.1 Å². The lowest BCUT2D eigenvalue weighted by Crippen LogP contribution is -2.19. The summed E-state index contributed by atoms with van der Waals surface area (Å²) in [6.45, 7) is 3.96. The van der Waals surface area contributed by atoms with Gasteiger partial charge in [-0.2, -0.15) is 0 Å². The number of nitrogens with one attached hydrogen (secondary N) is 3. The summed E-state index contributed by atoms with van der Waals surface area (Å²) in [6, 6.07) is 13.5. The number of rotatable bonds is 8. The van der Waals surface area contributed by atoms with Gasteiger partial charge in [-0.1, -0.05) is 26.0 Å². The molecule has 0 saturated heterocycles. The zero-order chi connectivity index (χ0) is 20.5. The average molecular weight is 383 g/mol. The number of aryl methyl sites for hydroxylation is 1. The third kappa shape index (κ3) is 7.49. The van der Waals surface area contributed by atoms with Crippen LogP contribution in [0.2, 0.25) is 0 Å². The van der Waals surface area contributed by atoms with Crippen molar-refractivity contribution in [1.29, 1.82) is 0 Å². The Labute approximate surface area is 164 Å². The Morgan fingerprint density at radius 2 is 1.50 bits per heavy atom. The summed E-state index contributed by atoms with van der Waals surface area (Å²) in [5, 5.41) is 17.0. The molecule has 2 aromatic carbocycles. The smallest absolute Gasteiger partial charge is 0.323 e. The molecule has 0 bridgehead atoms. The van der Waals surface area contributed by atoms with Crippen molar-refractivity contribution < 1.29 is 19.5 Å². The first kappa shape index (κ1) is 21.0. The molecule has 2 rings (SSSR count). The molecule has 0 aliphatic carbocycles. The topological polar surface area (TPSA) is 108 Å². The summed E-state index contributed by atoms with van der Waals surface area (Å²) in [6.07, 6.45) is 0.889. The molecule has 7 heteroatoms. The van der Waals surface area contributed by atoms with Crippen molar-refractivity contribution >= 4 is 35.0 Å². The summed E-state index contributed by atoms with van der Waals surface area (Å²) < 4.78 is 0. The number of carboxylic acid groups (broad SMARTS) is 1. The van der Waals surface area contributed by atoms with E-state index in [2.05, 4.69) is 16.0 Å². The zero-order valence-electron chi connectivity index (χ0n) is 16.0. The average Bonchev–Trinajstić information content (AvgIpc) is 2.61. The third-order valence-electron chi connectivity index (χ3n) is 3.83. The number of hydrogen-bond acceptors (Lipinski definition) is 3. The van der Waals surface area contributed by atoms with Gasteiger partial charge in [0.15, 0.2) is 0 Å². The second-order valence-corrected chi connectivity index (χ2v) is 6.90. The maximum absolute atomic E-state index is 12.2. The number of benzene rings is 2. The van der Waals surface area contributed by atoms with Crippen molar-refractivity contribution in [3.05, 3.63) is 54.1 Å². The van der Waals surface area contributed by atoms with Crippen LogP contribution in [0.15, 0.2) is 48.5 Å². The van der Waals surface area contributed by atoms with E-state index in [-0.39, 0.29) is 18.2 Å². The molecule has 3 amide bonds. The Hall–Kier alpha value is -3.35. The van der Waals surface area contributed by atoms with E-state index in [4.69, 9.17) is 5.11 Å². The lowest BCUT2D eigenvalue weighted by atomic mass is 10.1. The number of anilines is 3. The number of carbonyl (C=O) groups excluding carboxylic acids is 2. The largest absolute Gasteiger partial charge is 0.481 e. The number of carbonyl (C=O) groups is 3. The Morgan fingerprint density at radius 3 is 2.11 bits per heavy atom. The van der Waals surface area contributed by atoms with E-state index in [1.807, 2.05) is 19.9 Å². The van der Waals surface area contributed by atoms with Crippen LogP contribution in [0, 0.1) is 5.92 Å². The third-order valence-corrected chi connectivity index (χ3v) is 3.83. The fourth-order valence-corrected chi connectivity index (χ4v) is 2.57. The van der Waals surface area contributed by atoms with Crippen LogP contribution in [0.3, 0.4) is 0 Å². The van der Waals surface area contributed by atoms with Crippen LogP contribution < -0.4 is 16.0 Å². The van der Waals surface area contributed by atoms with Gasteiger partial charge in [0.05, 0.1) is 0 Å². The highest BCUT2D eigenvalue weighted by molar-refractivity contribution is 6.00. The van der Waals surface area contributed by atoms with Crippen LogP contribution in [-0.2, 0) is 16.0 Å². The summed E-state index contributed by atoms with van der Waals surface area (Å²) in [7, 11) is 0. The van der Waals surface area contributed by atoms with E-state index in [1.54, 1.807) is 42.5 Å². The highest BCUT2D eigenvalue weighted by Gasteiger charge is 2.07. The molecule has 0 radical (unpaired) electrons. The van der Waals surface area contributed by atoms with Gasteiger partial charge in [-0.15, -0.1) is 0 Å². The second-order valence-electron chi connectivity index (χ2n) is 6.90. The number of aliphatic carboxylic acids is 1. The lowest BCUT2D eigenvalue weighted by molar-refractivity contribution is -0.137. The molecule has 4 N–H and O–H groups in total. The van der Waals surface area contributed by atoms with Gasteiger partial charge >= 0.3 is 12.0 Å². The predicted octanol–water partition coefficient (Wildman–Crippen LogP) is 4.33. The summed E-state index contributed by atoms with van der Waals surface area (Å²) in [5.74, 6) is -0.622. The van der Waals surface area contributed by atoms with Crippen LogP contribution >= 0.6 is 0 Å². The molecule has 0 aromatic heterocycles. The molecular formula is C21H25N3O4. The molecule has 0 spiro atoms. The highest BCUT2D eigenvalue weighted by atomic mass is 16.4. The summed E-state index contributed by atoms with van der Waals surface area (Å²) in [4.78, 5) is 34.6. The standard InChI is InChI=1S/C21H25N3O4/c1-14(2)12-19(25)22-16-7-9-17(10-8-16)23-21(28)24-18-5-3-4-15(13-18)6-11-20(26)27/h3-5,7-10,13-14H,6,11-12H2,1-2H3,(H,22,25)(H,26,27)(H2,23,24,28). The second kappa shape index (κ2) is 10.1. The summed E-state index contributed by atoms with van der Waals surface area (Å²) in [5.41, 5.74) is 2.67. The van der Waals surface area contributed by atoms with Crippen LogP contribution in [0.5, 0.6) is 0 Å². The molecule has 2 aromatic rings. The molecule has 7 nitrogen and oxygen atoms in total. The minimum atomic E-state index is -0.861. The molecule has 0 fully saturated rings. The molecule has 0 heterocycles. The van der Waals surface area contributed by atoms with Crippen molar-refractivity contribution in [2.75, 3.05) is 16.0 Å². The molecular weight excluding hydrogens is 358 g/mol. The van der Waals surface area contributed by atoms with E-state index in [9.17, 15) is 14.4 Å². The maximum Gasteiger partial charge on any atom is 0.323 e. The molecule has 148 valence electrons. The zero-order valence-corrected chi connectivity index (χ0v) is 16.0. The van der Waals surface area contributed by atoms with E-state index >= 15 is 0 Å². The number of hydrogen-bond donors (Lipinski definition) is 4. The lowest BCUT2D eigenvalue weighted by Gasteiger charge is -2.10. The van der Waals surface area contributed by atoms with Gasteiger partial charge in [0.1, 0.15) is 0 Å². The van der Waals surface area contributed by atoms with Gasteiger partial charge in [-0.05, 0) is 54.3 Å². The number of carboxylic acids is 1. The first-order valence-electron chi connectivity index (χ1n) is 9.10. The van der Waals surface area contributed by atoms with E-state index < -0.39 is 12.0 Å². The monoisotopic (exact) mass is 383 g/mol. The highest BCUT2D eigenvalue weighted by Crippen LogP contribution is 2.16. The molecule has 0 aliphatic heterocycles. The fourth-order valence-electron chi connectivity index (χ4n) is 2.57. The number of urea groups is 1. The Bertz CT molecular complexity index is 832. The number of amides is 3. The molecule has 0 saturated carbocycles. The van der Waals surface area contributed by atoms with Gasteiger partial charge in [0.2, 0.25) is 5.91 Å². The van der Waals surface area contributed by atoms with E-state index in [1.165, 1.54) is 0 Å². The van der Waals surface area contributed by atoms with Gasteiger partial charge in [-0.25, -0.2) is 4.79 Å². The SMILES string of the molecule is CC(C)CC(=O)Nc1ccc(NC(=O)Nc2cccc(CCC(=O)O)c2)cc1.